The van der Waals surface area contributed by atoms with Gasteiger partial charge < -0.3 is 8.98 Å². The van der Waals surface area contributed by atoms with Crippen LogP contribution >= 0.6 is 0 Å². The van der Waals surface area contributed by atoms with Crippen LogP contribution in [-0.2, 0) is 0 Å². The van der Waals surface area contributed by atoms with Crippen molar-refractivity contribution in [1.29, 1.82) is 0 Å². The summed E-state index contributed by atoms with van der Waals surface area (Å²) < 4.78 is 9.60. The number of benzene rings is 10. The number of aromatic nitrogens is 4. The fourth-order valence-electron chi connectivity index (χ4n) is 10.0. The lowest BCUT2D eigenvalue weighted by molar-refractivity contribution is 0.670. The molecule has 0 aliphatic carbocycles. The number of allylic oxidation sites excluding steroid dienone is 5. The third-order valence-corrected chi connectivity index (χ3v) is 13.2. The fourth-order valence-corrected chi connectivity index (χ4v) is 10.0. The second kappa shape index (κ2) is 15.4. The highest BCUT2D eigenvalue weighted by atomic mass is 16.3. The van der Waals surface area contributed by atoms with Crippen molar-refractivity contribution in [3.63, 3.8) is 0 Å². The largest absolute Gasteiger partial charge is 0.455 e. The van der Waals surface area contributed by atoms with Gasteiger partial charge in [0.25, 0.3) is 0 Å². The standard InChI is InChI=1S/C62H40N4O/c1-3-15-47(32-38(2)39-16-5-4-6-17-39)60-63-61(48-27-26-40-18-7-8-20-42(40)33-48)65-62(64-60)50-29-31-54(58-52-35-44-22-10-12-24-46(44)37-56(52)67-59(50)58)66-53-30-28-41-19-13-14-25-49(41)57(53)51-34-43-21-9-11-23-45(43)36-55(51)66/h3-37H,2H2,1H3/b15-3-,47-32+. The topological polar surface area (TPSA) is 56.7 Å². The zero-order valence-corrected chi connectivity index (χ0v) is 36.6. The Kier molecular flexibility index (Phi) is 8.83. The van der Waals surface area contributed by atoms with Crippen LogP contribution < -0.4 is 0 Å². The molecule has 5 nitrogen and oxygen atoms in total. The maximum atomic E-state index is 7.17. The number of fused-ring (bicyclic) bond motifs is 11. The first-order valence-electron chi connectivity index (χ1n) is 22.6. The number of hydrogen-bond donors (Lipinski definition) is 0. The molecule has 314 valence electrons. The Morgan fingerprint density at radius 2 is 1.13 bits per heavy atom. The lowest BCUT2D eigenvalue weighted by Crippen LogP contribution is -2.03. The zero-order chi connectivity index (χ0) is 44.6. The molecule has 0 fully saturated rings. The van der Waals surface area contributed by atoms with Gasteiger partial charge in [-0.3, -0.25) is 0 Å². The highest BCUT2D eigenvalue weighted by Gasteiger charge is 2.24. The Balaban J connectivity index is 1.12. The fraction of sp³-hybridized carbons (Fsp3) is 0.0161. The maximum Gasteiger partial charge on any atom is 0.167 e. The second-order valence-electron chi connectivity index (χ2n) is 17.2. The van der Waals surface area contributed by atoms with E-state index < -0.39 is 0 Å². The van der Waals surface area contributed by atoms with E-state index in [1.54, 1.807) is 0 Å². The molecule has 13 rings (SSSR count). The van der Waals surface area contributed by atoms with Gasteiger partial charge in [0, 0.05) is 27.3 Å². The molecular weight excluding hydrogens is 817 g/mol. The van der Waals surface area contributed by atoms with Crippen LogP contribution in [0.5, 0.6) is 0 Å². The van der Waals surface area contributed by atoms with Crippen LogP contribution in [0.1, 0.15) is 18.3 Å². The van der Waals surface area contributed by atoms with Crippen LogP contribution in [0.4, 0.5) is 0 Å². The van der Waals surface area contributed by atoms with Crippen LogP contribution in [-0.4, -0.2) is 19.5 Å². The lowest BCUT2D eigenvalue weighted by Gasteiger charge is -2.14. The average Bonchev–Trinajstić information content (AvgIpc) is 3.92. The summed E-state index contributed by atoms with van der Waals surface area (Å²) in [5.41, 5.74) is 9.08. The Morgan fingerprint density at radius 1 is 0.507 bits per heavy atom. The molecule has 3 heterocycles. The number of rotatable bonds is 7. The highest BCUT2D eigenvalue weighted by Crippen LogP contribution is 2.45. The summed E-state index contributed by atoms with van der Waals surface area (Å²) in [7, 11) is 0. The first kappa shape index (κ1) is 38.5. The molecule has 0 amide bonds. The van der Waals surface area contributed by atoms with E-state index >= 15 is 0 Å². The monoisotopic (exact) mass is 856 g/mol. The zero-order valence-electron chi connectivity index (χ0n) is 36.6. The smallest absolute Gasteiger partial charge is 0.167 e. The van der Waals surface area contributed by atoms with E-state index in [0.717, 1.165) is 82.5 Å². The molecule has 67 heavy (non-hydrogen) atoms. The SMILES string of the molecule is C=C(/C=C(\C=C/C)c1nc(-c2ccc3ccccc3c2)nc(-c2ccc(-n3c4cc5ccccc5cc4c4c5ccccc5ccc43)c3c2oc2cc4ccccc4cc23)n1)c1ccccc1. The van der Waals surface area contributed by atoms with E-state index in [0.29, 0.717) is 23.1 Å². The summed E-state index contributed by atoms with van der Waals surface area (Å²) in [6, 6.07) is 68.7. The molecule has 0 spiro atoms. The molecule has 0 N–H and O–H groups in total. The van der Waals surface area contributed by atoms with Gasteiger partial charge in [-0.1, -0.05) is 164 Å². The molecule has 0 saturated heterocycles. The van der Waals surface area contributed by atoms with Crippen molar-refractivity contribution in [3.8, 4) is 28.5 Å². The van der Waals surface area contributed by atoms with Gasteiger partial charge in [0.2, 0.25) is 0 Å². The van der Waals surface area contributed by atoms with Crippen molar-refractivity contribution in [2.75, 3.05) is 0 Å². The quantitative estimate of drug-likeness (QED) is 0.150. The van der Waals surface area contributed by atoms with Gasteiger partial charge in [0.1, 0.15) is 11.2 Å². The van der Waals surface area contributed by atoms with Crippen molar-refractivity contribution in [2.24, 2.45) is 0 Å². The average molecular weight is 857 g/mol. The Bertz CT molecular complexity index is 4250. The Labute approximate surface area is 385 Å². The van der Waals surface area contributed by atoms with E-state index in [4.69, 9.17) is 19.4 Å². The predicted molar refractivity (Wildman–Crippen MR) is 281 cm³/mol. The molecule has 0 aliphatic rings. The summed E-state index contributed by atoms with van der Waals surface area (Å²) in [6.07, 6.45) is 6.11. The number of furan rings is 1. The van der Waals surface area contributed by atoms with Crippen molar-refractivity contribution >= 4 is 98.0 Å². The minimum atomic E-state index is 0.508. The molecule has 0 radical (unpaired) electrons. The molecule has 0 saturated carbocycles. The van der Waals surface area contributed by atoms with Crippen LogP contribution in [0.3, 0.4) is 0 Å². The van der Waals surface area contributed by atoms with Gasteiger partial charge >= 0.3 is 0 Å². The number of hydrogen-bond acceptors (Lipinski definition) is 4. The van der Waals surface area contributed by atoms with Gasteiger partial charge in [0.15, 0.2) is 17.5 Å². The first-order valence-corrected chi connectivity index (χ1v) is 22.6. The van der Waals surface area contributed by atoms with Crippen LogP contribution in [0, 0.1) is 0 Å². The van der Waals surface area contributed by atoms with Crippen LogP contribution in [0.15, 0.2) is 223 Å². The predicted octanol–water partition coefficient (Wildman–Crippen LogP) is 16.5. The van der Waals surface area contributed by atoms with E-state index in [1.165, 1.54) is 32.3 Å². The molecule has 10 aromatic carbocycles. The first-order chi connectivity index (χ1) is 33.1. The van der Waals surface area contributed by atoms with E-state index in [1.807, 2.05) is 37.3 Å². The molecule has 0 atom stereocenters. The Hall–Kier alpha value is -8.93. The minimum absolute atomic E-state index is 0.508. The van der Waals surface area contributed by atoms with Gasteiger partial charge in [-0.25, -0.2) is 15.0 Å². The molecule has 0 bridgehead atoms. The van der Waals surface area contributed by atoms with Gasteiger partial charge in [-0.2, -0.15) is 0 Å². The summed E-state index contributed by atoms with van der Waals surface area (Å²) in [6.45, 7) is 6.47. The lowest BCUT2D eigenvalue weighted by atomic mass is 10.0. The van der Waals surface area contributed by atoms with E-state index in [-0.39, 0.29) is 0 Å². The summed E-state index contributed by atoms with van der Waals surface area (Å²) in [5, 5.41) is 13.7. The second-order valence-corrected chi connectivity index (χ2v) is 17.2. The van der Waals surface area contributed by atoms with Gasteiger partial charge in [-0.05, 0) is 116 Å². The van der Waals surface area contributed by atoms with Gasteiger partial charge in [-0.15, -0.1) is 0 Å². The van der Waals surface area contributed by atoms with Crippen molar-refractivity contribution in [1.82, 2.24) is 19.5 Å². The van der Waals surface area contributed by atoms with Crippen molar-refractivity contribution in [2.45, 2.75) is 6.92 Å². The number of nitrogens with zero attached hydrogens (tertiary/aromatic N) is 4. The molecule has 13 aromatic rings. The molecular formula is C62H40N4O. The third kappa shape index (κ3) is 6.35. The summed E-state index contributed by atoms with van der Waals surface area (Å²) in [4.78, 5) is 15.9. The summed E-state index contributed by atoms with van der Waals surface area (Å²) >= 11 is 0. The van der Waals surface area contributed by atoms with Crippen LogP contribution in [0.25, 0.3) is 126 Å². The highest BCUT2D eigenvalue weighted by molar-refractivity contribution is 6.25. The third-order valence-electron chi connectivity index (χ3n) is 13.2. The minimum Gasteiger partial charge on any atom is -0.455 e. The molecule has 5 heteroatoms. The van der Waals surface area contributed by atoms with Crippen molar-refractivity contribution in [3.05, 3.63) is 230 Å². The van der Waals surface area contributed by atoms with Crippen LogP contribution in [0.2, 0.25) is 0 Å². The molecule has 3 aromatic heterocycles. The summed E-state index contributed by atoms with van der Waals surface area (Å²) in [5.74, 6) is 1.60. The molecule has 0 aliphatic heterocycles. The van der Waals surface area contributed by atoms with Gasteiger partial charge in [0.05, 0.1) is 27.7 Å². The Morgan fingerprint density at radius 3 is 1.90 bits per heavy atom. The normalized spacial score (nSPS) is 12.3. The van der Waals surface area contributed by atoms with Crippen molar-refractivity contribution < 1.29 is 4.42 Å². The van der Waals surface area contributed by atoms with E-state index in [9.17, 15) is 0 Å². The molecule has 0 unspecified atom stereocenters. The maximum absolute atomic E-state index is 7.17. The van der Waals surface area contributed by atoms with E-state index in [2.05, 4.69) is 193 Å².